The van der Waals surface area contributed by atoms with Crippen LogP contribution in [0.3, 0.4) is 0 Å². The molecule has 1 unspecified atom stereocenters. The number of hydrogen-bond donors (Lipinski definition) is 0. The number of thiophene rings is 1. The number of esters is 1. The second-order valence-corrected chi connectivity index (χ2v) is 5.45. The highest BCUT2D eigenvalue weighted by atomic mass is 32.1. The number of cyclic esters (lactones) is 1. The van der Waals surface area contributed by atoms with Crippen molar-refractivity contribution >= 4 is 23.0 Å². The van der Waals surface area contributed by atoms with Crippen LogP contribution in [0, 0.1) is 0 Å². The number of fused-ring (bicyclic) bond motifs is 1. The Morgan fingerprint density at radius 3 is 2.78 bits per heavy atom. The molecule has 0 amide bonds. The van der Waals surface area contributed by atoms with Crippen LogP contribution < -0.4 is 4.90 Å². The molecule has 0 aliphatic carbocycles. The van der Waals surface area contributed by atoms with Crippen molar-refractivity contribution < 1.29 is 9.53 Å². The smallest absolute Gasteiger partial charge is 0.339 e. The molecule has 4 heteroatoms. The van der Waals surface area contributed by atoms with Gasteiger partial charge < -0.3 is 9.64 Å². The van der Waals surface area contributed by atoms with Crippen LogP contribution in [0.15, 0.2) is 35.7 Å². The van der Waals surface area contributed by atoms with Gasteiger partial charge in [-0.15, -0.1) is 11.3 Å². The third-order valence-corrected chi connectivity index (χ3v) is 4.00. The molecule has 1 aromatic carbocycles. The minimum Gasteiger partial charge on any atom is -0.448 e. The lowest BCUT2D eigenvalue weighted by Crippen LogP contribution is -2.09. The highest BCUT2D eigenvalue weighted by Gasteiger charge is 2.32. The Hall–Kier alpha value is -1.81. The van der Waals surface area contributed by atoms with Crippen molar-refractivity contribution in [1.29, 1.82) is 0 Å². The Morgan fingerprint density at radius 1 is 1.28 bits per heavy atom. The zero-order valence-electron chi connectivity index (χ0n) is 10.2. The SMILES string of the molecule is CN(C)c1ccc2c(c1)C(=O)OC2c1cccs1. The van der Waals surface area contributed by atoms with Gasteiger partial charge in [-0.3, -0.25) is 0 Å². The van der Waals surface area contributed by atoms with Gasteiger partial charge >= 0.3 is 5.97 Å². The molecule has 18 heavy (non-hydrogen) atoms. The summed E-state index contributed by atoms with van der Waals surface area (Å²) < 4.78 is 5.46. The third kappa shape index (κ3) is 1.69. The average Bonchev–Trinajstić information content (AvgIpc) is 2.97. The number of rotatable bonds is 2. The van der Waals surface area contributed by atoms with Gasteiger partial charge in [-0.1, -0.05) is 12.1 Å². The molecular formula is C14H13NO2S. The minimum atomic E-state index is -0.233. The largest absolute Gasteiger partial charge is 0.448 e. The van der Waals surface area contributed by atoms with Crippen molar-refractivity contribution in [3.8, 4) is 0 Å². The predicted octanol–water partition coefficient (Wildman–Crippen LogP) is 3.07. The van der Waals surface area contributed by atoms with Crippen LogP contribution >= 0.6 is 11.3 Å². The zero-order chi connectivity index (χ0) is 12.7. The van der Waals surface area contributed by atoms with Crippen LogP contribution in [-0.2, 0) is 4.74 Å². The molecule has 3 nitrogen and oxygen atoms in total. The summed E-state index contributed by atoms with van der Waals surface area (Å²) in [6.45, 7) is 0. The molecular weight excluding hydrogens is 246 g/mol. The van der Waals surface area contributed by atoms with Crippen LogP contribution in [0.2, 0.25) is 0 Å². The molecule has 1 atom stereocenters. The lowest BCUT2D eigenvalue weighted by atomic mass is 10.0. The van der Waals surface area contributed by atoms with E-state index in [9.17, 15) is 4.79 Å². The first-order chi connectivity index (χ1) is 8.66. The summed E-state index contributed by atoms with van der Waals surface area (Å²) in [6, 6.07) is 9.87. The monoisotopic (exact) mass is 259 g/mol. The molecule has 0 saturated carbocycles. The maximum Gasteiger partial charge on any atom is 0.339 e. The van der Waals surface area contributed by atoms with Crippen LogP contribution in [0.25, 0.3) is 0 Å². The Labute approximate surface area is 110 Å². The lowest BCUT2D eigenvalue weighted by Gasteiger charge is -2.13. The van der Waals surface area contributed by atoms with Crippen molar-refractivity contribution in [2.24, 2.45) is 0 Å². The molecule has 92 valence electrons. The van der Waals surface area contributed by atoms with Gasteiger partial charge in [0.2, 0.25) is 0 Å². The molecule has 0 radical (unpaired) electrons. The number of benzene rings is 1. The van der Waals surface area contributed by atoms with Gasteiger partial charge in [-0.05, 0) is 23.6 Å². The lowest BCUT2D eigenvalue weighted by molar-refractivity contribution is 0.0461. The average molecular weight is 259 g/mol. The predicted molar refractivity (Wildman–Crippen MR) is 72.3 cm³/mol. The van der Waals surface area contributed by atoms with E-state index in [-0.39, 0.29) is 12.1 Å². The maximum atomic E-state index is 11.9. The van der Waals surface area contributed by atoms with Gasteiger partial charge in [0.05, 0.1) is 5.56 Å². The summed E-state index contributed by atoms with van der Waals surface area (Å²) in [7, 11) is 3.91. The van der Waals surface area contributed by atoms with E-state index in [0.29, 0.717) is 5.56 Å². The molecule has 0 saturated heterocycles. The molecule has 3 rings (SSSR count). The summed E-state index contributed by atoms with van der Waals surface area (Å²) >= 11 is 1.61. The fourth-order valence-electron chi connectivity index (χ4n) is 2.11. The fourth-order valence-corrected chi connectivity index (χ4v) is 2.88. The van der Waals surface area contributed by atoms with Gasteiger partial charge in [0.15, 0.2) is 6.10 Å². The highest BCUT2D eigenvalue weighted by Crippen LogP contribution is 2.38. The fraction of sp³-hybridized carbons (Fsp3) is 0.214. The van der Waals surface area contributed by atoms with Gasteiger partial charge in [0.25, 0.3) is 0 Å². The molecule has 2 aromatic rings. The van der Waals surface area contributed by atoms with E-state index in [1.165, 1.54) is 0 Å². The van der Waals surface area contributed by atoms with Crippen molar-refractivity contribution in [3.05, 3.63) is 51.7 Å². The molecule has 2 heterocycles. The summed E-state index contributed by atoms with van der Waals surface area (Å²) in [5.74, 6) is -0.230. The molecule has 0 spiro atoms. The first-order valence-corrected chi connectivity index (χ1v) is 6.60. The minimum absolute atomic E-state index is 0.230. The number of carbonyl (C=O) groups excluding carboxylic acids is 1. The molecule has 1 aromatic heterocycles. The van der Waals surface area contributed by atoms with Crippen molar-refractivity contribution in [2.45, 2.75) is 6.10 Å². The van der Waals surface area contributed by atoms with E-state index in [2.05, 4.69) is 0 Å². The van der Waals surface area contributed by atoms with Gasteiger partial charge in [0.1, 0.15) is 0 Å². The standard InChI is InChI=1S/C14H13NO2S/c1-15(2)9-5-6-10-11(8-9)14(16)17-13(10)12-4-3-7-18-12/h3-8,13H,1-2H3. The Bertz CT molecular complexity index is 590. The first-order valence-electron chi connectivity index (χ1n) is 5.72. The highest BCUT2D eigenvalue weighted by molar-refractivity contribution is 7.10. The maximum absolute atomic E-state index is 11.9. The van der Waals surface area contributed by atoms with Gasteiger partial charge in [0, 0.05) is 30.2 Å². The van der Waals surface area contributed by atoms with E-state index in [0.717, 1.165) is 16.1 Å². The van der Waals surface area contributed by atoms with E-state index in [4.69, 9.17) is 4.74 Å². The zero-order valence-corrected chi connectivity index (χ0v) is 11.0. The molecule has 0 fully saturated rings. The normalized spacial score (nSPS) is 17.4. The molecule has 0 N–H and O–H groups in total. The van der Waals surface area contributed by atoms with Crippen molar-refractivity contribution in [2.75, 3.05) is 19.0 Å². The van der Waals surface area contributed by atoms with Crippen LogP contribution in [0.1, 0.15) is 26.9 Å². The van der Waals surface area contributed by atoms with Crippen LogP contribution in [-0.4, -0.2) is 20.1 Å². The quantitative estimate of drug-likeness (QED) is 0.776. The molecule has 1 aliphatic heterocycles. The summed E-state index contributed by atoms with van der Waals surface area (Å²) in [6.07, 6.45) is -0.233. The Morgan fingerprint density at radius 2 is 2.11 bits per heavy atom. The third-order valence-electron chi connectivity index (χ3n) is 3.08. The molecule has 1 aliphatic rings. The Kier molecular flexibility index (Phi) is 2.59. The summed E-state index contributed by atoms with van der Waals surface area (Å²) in [5.41, 5.74) is 2.66. The van der Waals surface area contributed by atoms with E-state index < -0.39 is 0 Å². The van der Waals surface area contributed by atoms with Gasteiger partial charge in [-0.2, -0.15) is 0 Å². The summed E-state index contributed by atoms with van der Waals surface area (Å²) in [4.78, 5) is 15.0. The number of hydrogen-bond acceptors (Lipinski definition) is 4. The number of carbonyl (C=O) groups is 1. The second-order valence-electron chi connectivity index (χ2n) is 4.47. The van der Waals surface area contributed by atoms with E-state index >= 15 is 0 Å². The number of ether oxygens (including phenoxy) is 1. The molecule has 0 bridgehead atoms. The van der Waals surface area contributed by atoms with E-state index in [1.807, 2.05) is 54.7 Å². The Balaban J connectivity index is 2.07. The first kappa shape index (κ1) is 11.3. The number of nitrogens with zero attached hydrogens (tertiary/aromatic N) is 1. The topological polar surface area (TPSA) is 29.5 Å². The van der Waals surface area contributed by atoms with Crippen molar-refractivity contribution in [3.63, 3.8) is 0 Å². The van der Waals surface area contributed by atoms with Crippen LogP contribution in [0.5, 0.6) is 0 Å². The van der Waals surface area contributed by atoms with Crippen molar-refractivity contribution in [1.82, 2.24) is 0 Å². The summed E-state index contributed by atoms with van der Waals surface area (Å²) in [5, 5.41) is 2.00. The number of anilines is 1. The second kappa shape index (κ2) is 4.14. The van der Waals surface area contributed by atoms with E-state index in [1.54, 1.807) is 11.3 Å². The van der Waals surface area contributed by atoms with Gasteiger partial charge in [-0.25, -0.2) is 4.79 Å². The van der Waals surface area contributed by atoms with Crippen LogP contribution in [0.4, 0.5) is 5.69 Å².